The lowest BCUT2D eigenvalue weighted by Crippen LogP contribution is -2.49. The van der Waals surface area contributed by atoms with Crippen LogP contribution in [0.2, 0.25) is 0 Å². The summed E-state index contributed by atoms with van der Waals surface area (Å²) < 4.78 is 117. The zero-order valence-electron chi connectivity index (χ0n) is 32.4. The van der Waals surface area contributed by atoms with Gasteiger partial charge in [0.15, 0.2) is 5.82 Å². The number of carbonyl (C=O) groups is 2. The third kappa shape index (κ3) is 11.4. The van der Waals surface area contributed by atoms with Crippen molar-refractivity contribution in [2.45, 2.75) is 68.3 Å². The molecule has 3 aromatic heterocycles. The molecule has 0 saturated carbocycles. The molecule has 2 fully saturated rings. The van der Waals surface area contributed by atoms with Gasteiger partial charge in [0.05, 0.1) is 51.4 Å². The third-order valence-corrected chi connectivity index (χ3v) is 11.5. The van der Waals surface area contributed by atoms with E-state index < -0.39 is 51.0 Å². The Hall–Kier alpha value is -5.55. The minimum atomic E-state index is -4.78. The van der Waals surface area contributed by atoms with Crippen LogP contribution in [0, 0.1) is 26.6 Å². The highest BCUT2D eigenvalue weighted by Gasteiger charge is 2.38. The van der Waals surface area contributed by atoms with Crippen molar-refractivity contribution in [3.8, 4) is 0 Å². The normalized spacial score (nSPS) is 15.8. The van der Waals surface area contributed by atoms with E-state index >= 15 is 0 Å². The first-order valence-corrected chi connectivity index (χ1v) is 21.0. The molecular formula is C38H41F4N7O9S2. The molecule has 2 saturated heterocycles. The zero-order chi connectivity index (χ0) is 44.2. The summed E-state index contributed by atoms with van der Waals surface area (Å²) in [4.78, 5) is 36.7. The smallest absolute Gasteiger partial charge is 0.383 e. The molecule has 2 aromatic carbocycles. The van der Waals surface area contributed by atoms with Gasteiger partial charge in [-0.25, -0.2) is 9.37 Å². The van der Waals surface area contributed by atoms with Gasteiger partial charge in [-0.2, -0.15) is 21.9 Å². The number of amides is 2. The molecule has 4 N–H and O–H groups in total. The molecule has 0 radical (unpaired) electrons. The zero-order valence-corrected chi connectivity index (χ0v) is 34.0. The molecule has 16 nitrogen and oxygen atoms in total. The van der Waals surface area contributed by atoms with Gasteiger partial charge in [0.25, 0.3) is 26.1 Å². The van der Waals surface area contributed by atoms with Gasteiger partial charge in [-0.3, -0.25) is 33.1 Å². The van der Waals surface area contributed by atoms with Crippen molar-refractivity contribution in [2.75, 3.05) is 32.0 Å². The highest BCUT2D eigenvalue weighted by Crippen LogP contribution is 2.34. The van der Waals surface area contributed by atoms with E-state index in [4.69, 9.17) is 14.8 Å². The van der Waals surface area contributed by atoms with Crippen LogP contribution in [-0.2, 0) is 36.3 Å². The summed E-state index contributed by atoms with van der Waals surface area (Å²) >= 11 is 0. The topological polar surface area (TPSA) is 228 Å². The quantitative estimate of drug-likeness (QED) is 0.136. The summed E-state index contributed by atoms with van der Waals surface area (Å²) in [5.74, 6) is -1.31. The maximum Gasteiger partial charge on any atom is 0.522 e. The van der Waals surface area contributed by atoms with E-state index in [0.717, 1.165) is 17.3 Å². The second-order valence-electron chi connectivity index (χ2n) is 14.1. The number of hydrogen-bond acceptors (Lipinski definition) is 11. The molecule has 0 unspecified atom stereocenters. The van der Waals surface area contributed by atoms with Crippen molar-refractivity contribution in [3.05, 3.63) is 107 Å². The number of hydrogen-bond donors (Lipinski definition) is 3. The third-order valence-electron chi connectivity index (χ3n) is 9.73. The van der Waals surface area contributed by atoms with Gasteiger partial charge in [-0.15, -0.1) is 13.2 Å². The van der Waals surface area contributed by atoms with Crippen molar-refractivity contribution in [3.63, 3.8) is 0 Å². The molecule has 0 bridgehead atoms. The fraction of sp³-hybridized carbons (Fsp3) is 0.342. The number of rotatable bonds is 8. The minimum Gasteiger partial charge on any atom is -0.383 e. The lowest BCUT2D eigenvalue weighted by Gasteiger charge is -2.38. The Morgan fingerprint density at radius 3 is 2.00 bits per heavy atom. The molecule has 22 heteroatoms. The maximum absolute atomic E-state index is 14.9. The van der Waals surface area contributed by atoms with Crippen LogP contribution in [0.3, 0.4) is 0 Å². The molecule has 0 aliphatic carbocycles. The van der Waals surface area contributed by atoms with Crippen LogP contribution in [0.1, 0.15) is 51.5 Å². The number of aryl methyl sites for hydroxylation is 2. The molecular weight excluding hydrogens is 839 g/mol. The van der Waals surface area contributed by atoms with Crippen LogP contribution in [0.5, 0.6) is 0 Å². The average molecular weight is 880 g/mol. The van der Waals surface area contributed by atoms with Crippen molar-refractivity contribution in [2.24, 2.45) is 0 Å². The Morgan fingerprint density at radius 1 is 0.900 bits per heavy atom. The number of carbonyl (C=O) groups excluding carboxylic acids is 2. The van der Waals surface area contributed by atoms with Crippen LogP contribution in [-0.4, -0.2) is 106 Å². The number of fused-ring (bicyclic) bond motifs is 1. The molecule has 0 spiro atoms. The highest BCUT2D eigenvalue weighted by atomic mass is 32.2. The van der Waals surface area contributed by atoms with Gasteiger partial charge < -0.3 is 15.5 Å². The number of halogens is 4. The molecule has 2 aliphatic heterocycles. The Morgan fingerprint density at radius 2 is 1.47 bits per heavy atom. The standard InChI is InChI=1S/C24H25F4N7O3.2C7H8O3S/c1-13-16(4-5-31-22(13)29)23(37)33-9-14(10-33)21-20-17(25)7-30-8-18(20)35(32-21)11-19(36)34-6-2-3-15(34)12-38-24(26,27)28;2*1-6-2-4-7(5-3-6)11(8,9)10/h4-5,7-8,14-15H,2-3,6,9-12H2,1H3,(H2,29,31);2*2-5H,1H3,(H,8,9,10)/t15-;;/m0../s1. The van der Waals surface area contributed by atoms with E-state index in [1.807, 2.05) is 13.8 Å². The molecule has 2 amide bonds. The number of alkyl halides is 3. The number of likely N-dealkylation sites (tertiary alicyclic amines) is 2. The number of nitrogens with two attached hydrogens (primary N) is 1. The largest absolute Gasteiger partial charge is 0.522 e. The Bertz CT molecular complexity index is 2490. The first-order chi connectivity index (χ1) is 28.0. The number of benzene rings is 2. The summed E-state index contributed by atoms with van der Waals surface area (Å²) in [6, 6.07) is 12.9. The molecule has 5 aromatic rings. The van der Waals surface area contributed by atoms with Gasteiger partial charge in [0.2, 0.25) is 5.91 Å². The van der Waals surface area contributed by atoms with Crippen molar-refractivity contribution >= 4 is 48.8 Å². The summed E-state index contributed by atoms with van der Waals surface area (Å²) in [5.41, 5.74) is 9.42. The predicted molar refractivity (Wildman–Crippen MR) is 208 cm³/mol. The van der Waals surface area contributed by atoms with Crippen molar-refractivity contribution in [1.29, 1.82) is 0 Å². The van der Waals surface area contributed by atoms with E-state index in [-0.39, 0.29) is 58.0 Å². The summed E-state index contributed by atoms with van der Waals surface area (Å²) in [6.07, 6.45) is 0.0530. The lowest BCUT2D eigenvalue weighted by molar-refractivity contribution is -0.327. The van der Waals surface area contributed by atoms with Crippen LogP contribution < -0.4 is 5.73 Å². The SMILES string of the molecule is Cc1c(C(=O)N2CC(c3nn(CC(=O)N4CCC[C@H]4COC(F)(F)F)c4cncc(F)c34)C2)ccnc1N.Cc1ccc(S(=O)(=O)O)cc1.Cc1ccc(S(=O)(=O)O)cc1. The Kier molecular flexibility index (Phi) is 13.9. The first-order valence-electron chi connectivity index (χ1n) is 18.1. The van der Waals surface area contributed by atoms with Gasteiger partial charge in [-0.1, -0.05) is 35.4 Å². The van der Waals surface area contributed by atoms with E-state index in [9.17, 15) is 44.0 Å². The van der Waals surface area contributed by atoms with Gasteiger partial charge in [-0.05, 0) is 63.9 Å². The average Bonchev–Trinajstić information content (AvgIpc) is 3.77. The van der Waals surface area contributed by atoms with Crippen LogP contribution in [0.15, 0.2) is 83.0 Å². The summed E-state index contributed by atoms with van der Waals surface area (Å²) in [5, 5.41) is 4.70. The molecule has 7 rings (SSSR count). The lowest BCUT2D eigenvalue weighted by atomic mass is 9.93. The molecule has 1 atom stereocenters. The van der Waals surface area contributed by atoms with E-state index in [1.54, 1.807) is 42.2 Å². The second-order valence-corrected chi connectivity index (χ2v) is 16.9. The molecule has 322 valence electrons. The van der Waals surface area contributed by atoms with E-state index in [0.29, 0.717) is 36.2 Å². The number of ether oxygens (including phenoxy) is 1. The number of anilines is 1. The maximum atomic E-state index is 14.9. The Labute approximate surface area is 342 Å². The van der Waals surface area contributed by atoms with Crippen LogP contribution >= 0.6 is 0 Å². The molecule has 5 heterocycles. The summed E-state index contributed by atoms with van der Waals surface area (Å²) in [6.45, 7) is 5.31. The van der Waals surface area contributed by atoms with E-state index in [1.165, 1.54) is 46.2 Å². The predicted octanol–water partition coefficient (Wildman–Crippen LogP) is 5.11. The first kappa shape index (κ1) is 45.5. The van der Waals surface area contributed by atoms with Gasteiger partial charge >= 0.3 is 6.36 Å². The number of nitrogens with zero attached hydrogens (tertiary/aromatic N) is 6. The molecule has 60 heavy (non-hydrogen) atoms. The minimum absolute atomic E-state index is 0.0666. The van der Waals surface area contributed by atoms with Crippen LogP contribution in [0.25, 0.3) is 10.9 Å². The number of pyridine rings is 2. The Balaban J connectivity index is 0.000000252. The van der Waals surface area contributed by atoms with Crippen molar-refractivity contribution < 1.29 is 57.8 Å². The van der Waals surface area contributed by atoms with E-state index in [2.05, 4.69) is 19.8 Å². The fourth-order valence-corrected chi connectivity index (χ4v) is 7.41. The summed E-state index contributed by atoms with van der Waals surface area (Å²) in [7, 11) is -8.04. The fourth-order valence-electron chi connectivity index (χ4n) is 6.45. The highest BCUT2D eigenvalue weighted by molar-refractivity contribution is 7.86. The van der Waals surface area contributed by atoms with Crippen molar-refractivity contribution in [1.82, 2.24) is 29.5 Å². The number of nitrogen functional groups attached to an aromatic ring is 1. The van der Waals surface area contributed by atoms with Crippen LogP contribution in [0.4, 0.5) is 23.4 Å². The second kappa shape index (κ2) is 18.4. The van der Waals surface area contributed by atoms with Gasteiger partial charge in [0, 0.05) is 42.9 Å². The monoisotopic (exact) mass is 879 g/mol. The molecule has 2 aliphatic rings. The number of aromatic nitrogens is 4. The van der Waals surface area contributed by atoms with Gasteiger partial charge in [0.1, 0.15) is 12.4 Å².